The van der Waals surface area contributed by atoms with Crippen molar-refractivity contribution in [1.29, 1.82) is 0 Å². The van der Waals surface area contributed by atoms with Crippen molar-refractivity contribution in [3.8, 4) is 0 Å². The highest BCUT2D eigenvalue weighted by molar-refractivity contribution is 7.92. The van der Waals surface area contributed by atoms with Gasteiger partial charge in [0, 0.05) is 0 Å². The second-order valence-corrected chi connectivity index (χ2v) is 5.47. The van der Waals surface area contributed by atoms with Crippen molar-refractivity contribution >= 4 is 21.7 Å². The number of imidazole rings is 1. The summed E-state index contributed by atoms with van der Waals surface area (Å²) in [7, 11) is -3.87. The lowest BCUT2D eigenvalue weighted by Gasteiger charge is -2.10. The van der Waals surface area contributed by atoms with Crippen LogP contribution in [0, 0.1) is 6.92 Å². The van der Waals surface area contributed by atoms with Crippen molar-refractivity contribution in [2.24, 2.45) is 0 Å². The summed E-state index contributed by atoms with van der Waals surface area (Å²) in [4.78, 5) is 17.2. The minimum atomic E-state index is -3.87. The van der Waals surface area contributed by atoms with E-state index in [9.17, 15) is 13.2 Å². The van der Waals surface area contributed by atoms with Gasteiger partial charge in [-0.05, 0) is 18.6 Å². The molecule has 3 N–H and O–H groups in total. The zero-order chi connectivity index (χ0) is 14.0. The Kier molecular flexibility index (Phi) is 3.26. The van der Waals surface area contributed by atoms with Gasteiger partial charge in [0.25, 0.3) is 10.0 Å². The van der Waals surface area contributed by atoms with Crippen LogP contribution in [-0.2, 0) is 10.0 Å². The first kappa shape index (κ1) is 13.1. The van der Waals surface area contributed by atoms with Crippen LogP contribution < -0.4 is 4.72 Å². The first-order chi connectivity index (χ1) is 8.92. The van der Waals surface area contributed by atoms with Crippen molar-refractivity contribution in [1.82, 2.24) is 9.97 Å². The largest absolute Gasteiger partial charge is 0.478 e. The summed E-state index contributed by atoms with van der Waals surface area (Å²) in [6.07, 6.45) is 2.36. The van der Waals surface area contributed by atoms with Crippen LogP contribution >= 0.6 is 0 Å². The summed E-state index contributed by atoms with van der Waals surface area (Å²) in [6.45, 7) is 1.59. The van der Waals surface area contributed by atoms with E-state index in [0.29, 0.717) is 5.56 Å². The Balaban J connectivity index is 2.45. The molecule has 2 rings (SSSR count). The molecule has 100 valence electrons. The minimum absolute atomic E-state index is 0.0158. The quantitative estimate of drug-likeness (QED) is 0.780. The zero-order valence-corrected chi connectivity index (χ0v) is 10.7. The third-order valence-corrected chi connectivity index (χ3v) is 3.78. The first-order valence-corrected chi connectivity index (χ1v) is 6.74. The van der Waals surface area contributed by atoms with Crippen LogP contribution in [0.2, 0.25) is 0 Å². The lowest BCUT2D eigenvalue weighted by atomic mass is 10.1. The Labute approximate surface area is 109 Å². The number of sulfonamides is 1. The number of aromatic amines is 1. The minimum Gasteiger partial charge on any atom is -0.478 e. The van der Waals surface area contributed by atoms with Gasteiger partial charge in [0.15, 0.2) is 5.03 Å². The molecule has 0 radical (unpaired) electrons. The van der Waals surface area contributed by atoms with Crippen molar-refractivity contribution in [3.05, 3.63) is 41.9 Å². The van der Waals surface area contributed by atoms with Crippen LogP contribution in [0.1, 0.15) is 15.9 Å². The number of rotatable bonds is 4. The van der Waals surface area contributed by atoms with Crippen LogP contribution in [0.25, 0.3) is 0 Å². The number of aromatic carboxylic acids is 1. The van der Waals surface area contributed by atoms with E-state index >= 15 is 0 Å². The van der Waals surface area contributed by atoms with Crippen molar-refractivity contribution in [3.63, 3.8) is 0 Å². The Hall–Kier alpha value is -2.35. The summed E-state index contributed by atoms with van der Waals surface area (Å²) in [5.41, 5.74) is 0.407. The van der Waals surface area contributed by atoms with E-state index in [4.69, 9.17) is 5.11 Å². The Morgan fingerprint density at radius 2 is 2.16 bits per heavy atom. The number of H-pyrrole nitrogens is 1. The second kappa shape index (κ2) is 4.73. The van der Waals surface area contributed by atoms with Crippen molar-refractivity contribution in [2.75, 3.05) is 4.72 Å². The number of anilines is 1. The lowest BCUT2D eigenvalue weighted by molar-refractivity contribution is 0.0697. The van der Waals surface area contributed by atoms with Gasteiger partial charge in [-0.15, -0.1) is 0 Å². The van der Waals surface area contributed by atoms with E-state index in [0.717, 1.165) is 6.20 Å². The average molecular weight is 281 g/mol. The fourth-order valence-corrected chi connectivity index (χ4v) is 2.60. The van der Waals surface area contributed by atoms with Crippen LogP contribution in [0.4, 0.5) is 5.69 Å². The average Bonchev–Trinajstić information content (AvgIpc) is 2.81. The van der Waals surface area contributed by atoms with Crippen LogP contribution in [0.15, 0.2) is 35.7 Å². The number of nitrogens with one attached hydrogen (secondary N) is 2. The van der Waals surface area contributed by atoms with E-state index in [1.54, 1.807) is 19.1 Å². The molecule has 0 fully saturated rings. The van der Waals surface area contributed by atoms with Gasteiger partial charge in [-0.3, -0.25) is 4.72 Å². The lowest BCUT2D eigenvalue weighted by Crippen LogP contribution is -2.16. The molecular weight excluding hydrogens is 270 g/mol. The third-order valence-electron chi connectivity index (χ3n) is 2.49. The third kappa shape index (κ3) is 2.58. The molecule has 0 bridgehead atoms. The summed E-state index contributed by atoms with van der Waals surface area (Å²) in [5.74, 6) is -1.19. The van der Waals surface area contributed by atoms with E-state index < -0.39 is 16.0 Å². The SMILES string of the molecule is Cc1cccc(NS(=O)(=O)c2cnc[nH]2)c1C(=O)O. The van der Waals surface area contributed by atoms with Gasteiger partial charge >= 0.3 is 5.97 Å². The molecule has 0 aliphatic carbocycles. The molecule has 1 aromatic carbocycles. The van der Waals surface area contributed by atoms with Crippen molar-refractivity contribution < 1.29 is 18.3 Å². The summed E-state index contributed by atoms with van der Waals surface area (Å²) < 4.78 is 26.2. The topological polar surface area (TPSA) is 112 Å². The molecule has 0 spiro atoms. The number of carbonyl (C=O) groups is 1. The molecular formula is C11H11N3O4S. The van der Waals surface area contributed by atoms with Gasteiger partial charge in [0.2, 0.25) is 0 Å². The number of aromatic nitrogens is 2. The number of aryl methyl sites for hydroxylation is 1. The number of hydrogen-bond acceptors (Lipinski definition) is 4. The maximum absolute atomic E-state index is 12.0. The summed E-state index contributed by atoms with van der Waals surface area (Å²) in [6, 6.07) is 4.56. The number of benzene rings is 1. The van der Waals surface area contributed by atoms with Crippen LogP contribution in [0.3, 0.4) is 0 Å². The van der Waals surface area contributed by atoms with Gasteiger partial charge in [0.1, 0.15) is 0 Å². The van der Waals surface area contributed by atoms with Gasteiger partial charge in [-0.25, -0.2) is 9.78 Å². The molecule has 2 aromatic rings. The fourth-order valence-electron chi connectivity index (χ4n) is 1.63. The second-order valence-electron chi connectivity index (χ2n) is 3.82. The molecule has 1 heterocycles. The first-order valence-electron chi connectivity index (χ1n) is 5.26. The highest BCUT2D eigenvalue weighted by atomic mass is 32.2. The monoisotopic (exact) mass is 281 g/mol. The van der Waals surface area contributed by atoms with E-state index in [1.807, 2.05) is 0 Å². The van der Waals surface area contributed by atoms with E-state index in [2.05, 4.69) is 14.7 Å². The van der Waals surface area contributed by atoms with E-state index in [1.165, 1.54) is 12.4 Å². The molecule has 0 aliphatic rings. The summed E-state index contributed by atoms with van der Waals surface area (Å²) >= 11 is 0. The molecule has 0 saturated carbocycles. The number of nitrogens with zero attached hydrogens (tertiary/aromatic N) is 1. The Morgan fingerprint density at radius 1 is 1.42 bits per heavy atom. The van der Waals surface area contributed by atoms with Crippen LogP contribution in [0.5, 0.6) is 0 Å². The molecule has 0 amide bonds. The van der Waals surface area contributed by atoms with Gasteiger partial charge in [0.05, 0.1) is 23.8 Å². The number of carboxylic acids is 1. The van der Waals surface area contributed by atoms with Gasteiger partial charge in [-0.2, -0.15) is 8.42 Å². The highest BCUT2D eigenvalue weighted by Crippen LogP contribution is 2.22. The molecule has 0 unspecified atom stereocenters. The molecule has 0 aliphatic heterocycles. The molecule has 0 saturated heterocycles. The molecule has 1 aromatic heterocycles. The van der Waals surface area contributed by atoms with Crippen LogP contribution in [-0.4, -0.2) is 29.5 Å². The van der Waals surface area contributed by atoms with Gasteiger partial charge in [-0.1, -0.05) is 12.1 Å². The number of hydrogen-bond donors (Lipinski definition) is 3. The smallest absolute Gasteiger partial charge is 0.338 e. The molecule has 7 nitrogen and oxygen atoms in total. The predicted molar refractivity (Wildman–Crippen MR) is 67.5 cm³/mol. The molecule has 19 heavy (non-hydrogen) atoms. The molecule has 0 atom stereocenters. The highest BCUT2D eigenvalue weighted by Gasteiger charge is 2.20. The Bertz CT molecular complexity index is 708. The summed E-state index contributed by atoms with van der Waals surface area (Å²) in [5, 5.41) is 8.98. The molecule has 8 heteroatoms. The Morgan fingerprint density at radius 3 is 2.74 bits per heavy atom. The zero-order valence-electron chi connectivity index (χ0n) is 9.91. The fraction of sp³-hybridized carbons (Fsp3) is 0.0909. The van der Waals surface area contributed by atoms with Crippen molar-refractivity contribution in [2.45, 2.75) is 11.9 Å². The normalized spacial score (nSPS) is 11.2. The van der Waals surface area contributed by atoms with E-state index in [-0.39, 0.29) is 16.3 Å². The van der Waals surface area contributed by atoms with Gasteiger partial charge < -0.3 is 10.1 Å². The maximum atomic E-state index is 12.0. The standard InChI is InChI=1S/C11H11N3O4S/c1-7-3-2-4-8(10(7)11(15)16)14-19(17,18)9-5-12-6-13-9/h2-6,14H,1H3,(H,12,13)(H,15,16). The number of carboxylic acid groups (broad SMARTS) is 1. The predicted octanol–water partition coefficient (Wildman–Crippen LogP) is 1.22. The maximum Gasteiger partial charge on any atom is 0.338 e.